The van der Waals surface area contributed by atoms with Gasteiger partial charge in [0.15, 0.2) is 23.7 Å². The molecule has 156 valence electrons. The number of nitrogens with one attached hydrogen (secondary N) is 2. The highest BCUT2D eigenvalue weighted by Gasteiger charge is 2.20. The lowest BCUT2D eigenvalue weighted by molar-refractivity contribution is -0.135. The topological polar surface area (TPSA) is 85.9 Å². The van der Waals surface area contributed by atoms with E-state index < -0.39 is 24.0 Å². The Morgan fingerprint density at radius 3 is 1.97 bits per heavy atom. The van der Waals surface area contributed by atoms with Gasteiger partial charge >= 0.3 is 0 Å². The van der Waals surface area contributed by atoms with Crippen LogP contribution >= 0.6 is 0 Å². The first-order valence-electron chi connectivity index (χ1n) is 9.53. The number of hydrogen-bond acceptors (Lipinski definition) is 5. The Kier molecular flexibility index (Phi) is 6.75. The Hall–Kier alpha value is -3.74. The van der Waals surface area contributed by atoms with Gasteiger partial charge in [-0.05, 0) is 48.9 Å². The molecule has 0 bridgehead atoms. The molecule has 2 amide bonds. The lowest BCUT2D eigenvalue weighted by atomic mass is 10.1. The molecular weight excluding hydrogens is 384 g/mol. The number of hydrazine groups is 1. The largest absolute Gasteiger partial charge is 0.493 e. The van der Waals surface area contributed by atoms with Gasteiger partial charge in [-0.2, -0.15) is 0 Å². The standard InChI is InChI=1S/C23H24N2O5/c1-15(29-19-13-12-17-8-4-5-9-18(17)14-19)22(26)24-25-23(27)16(2)30-21-11-7-6-10-20(21)28-3/h4-16H,1-3H3,(H,24,26)(H,25,27). The molecule has 0 heterocycles. The molecule has 2 unspecified atom stereocenters. The molecule has 0 aliphatic rings. The summed E-state index contributed by atoms with van der Waals surface area (Å²) < 4.78 is 16.5. The molecule has 0 aliphatic carbocycles. The number of rotatable bonds is 7. The van der Waals surface area contributed by atoms with Crippen molar-refractivity contribution in [3.05, 3.63) is 66.7 Å². The van der Waals surface area contributed by atoms with Crippen LogP contribution in [0.1, 0.15) is 13.8 Å². The summed E-state index contributed by atoms with van der Waals surface area (Å²) in [6.07, 6.45) is -1.66. The van der Waals surface area contributed by atoms with Crippen LogP contribution in [0.4, 0.5) is 0 Å². The second-order valence-electron chi connectivity index (χ2n) is 6.66. The van der Waals surface area contributed by atoms with E-state index in [-0.39, 0.29) is 0 Å². The highest BCUT2D eigenvalue weighted by Crippen LogP contribution is 2.26. The summed E-state index contributed by atoms with van der Waals surface area (Å²) in [5.74, 6) is 0.518. The number of hydrogen-bond donors (Lipinski definition) is 2. The van der Waals surface area contributed by atoms with Crippen molar-refractivity contribution in [2.45, 2.75) is 26.1 Å². The monoisotopic (exact) mass is 408 g/mol. The summed E-state index contributed by atoms with van der Waals surface area (Å²) in [5, 5.41) is 2.09. The molecule has 7 nitrogen and oxygen atoms in total. The van der Waals surface area contributed by atoms with Gasteiger partial charge in [0, 0.05) is 0 Å². The molecule has 0 aromatic heterocycles. The predicted molar refractivity (Wildman–Crippen MR) is 113 cm³/mol. The van der Waals surface area contributed by atoms with Gasteiger partial charge < -0.3 is 14.2 Å². The maximum Gasteiger partial charge on any atom is 0.279 e. The molecule has 2 atom stereocenters. The Morgan fingerprint density at radius 1 is 0.733 bits per heavy atom. The average Bonchev–Trinajstić information content (AvgIpc) is 2.77. The third-order valence-electron chi connectivity index (χ3n) is 4.45. The minimum atomic E-state index is -0.849. The fraction of sp³-hybridized carbons (Fsp3) is 0.217. The summed E-state index contributed by atoms with van der Waals surface area (Å²) in [6.45, 7) is 3.17. The molecule has 0 radical (unpaired) electrons. The molecule has 2 N–H and O–H groups in total. The number of carbonyl (C=O) groups excluding carboxylic acids is 2. The summed E-state index contributed by atoms with van der Waals surface area (Å²) in [4.78, 5) is 24.5. The molecule has 7 heteroatoms. The molecule has 0 aliphatic heterocycles. The van der Waals surface area contributed by atoms with Crippen LogP contribution in [-0.4, -0.2) is 31.1 Å². The zero-order valence-electron chi connectivity index (χ0n) is 17.0. The maximum absolute atomic E-state index is 12.3. The Labute approximate surface area is 174 Å². The third kappa shape index (κ3) is 5.20. The van der Waals surface area contributed by atoms with Gasteiger partial charge in [-0.15, -0.1) is 0 Å². The molecule has 0 saturated heterocycles. The van der Waals surface area contributed by atoms with Crippen molar-refractivity contribution in [1.29, 1.82) is 0 Å². The van der Waals surface area contributed by atoms with Gasteiger partial charge in [0.05, 0.1) is 7.11 Å². The molecular formula is C23H24N2O5. The number of amides is 2. The van der Waals surface area contributed by atoms with Crippen molar-refractivity contribution in [3.63, 3.8) is 0 Å². The molecule has 3 aromatic rings. The van der Waals surface area contributed by atoms with Crippen LogP contribution in [0, 0.1) is 0 Å². The second kappa shape index (κ2) is 9.65. The predicted octanol–water partition coefficient (Wildman–Crippen LogP) is 3.23. The van der Waals surface area contributed by atoms with Gasteiger partial charge in [-0.3, -0.25) is 20.4 Å². The van der Waals surface area contributed by atoms with E-state index in [0.29, 0.717) is 17.2 Å². The Morgan fingerprint density at radius 2 is 1.30 bits per heavy atom. The minimum absolute atomic E-state index is 0.432. The van der Waals surface area contributed by atoms with Crippen molar-refractivity contribution in [2.24, 2.45) is 0 Å². The Balaban J connectivity index is 1.51. The van der Waals surface area contributed by atoms with Gasteiger partial charge in [0.1, 0.15) is 5.75 Å². The summed E-state index contributed by atoms with van der Waals surface area (Å²) in [5.41, 5.74) is 4.71. The van der Waals surface area contributed by atoms with Crippen LogP contribution in [0.15, 0.2) is 66.7 Å². The summed E-state index contributed by atoms with van der Waals surface area (Å²) >= 11 is 0. The Bertz CT molecular complexity index is 1040. The fourth-order valence-electron chi connectivity index (χ4n) is 2.78. The molecule has 0 spiro atoms. The van der Waals surface area contributed by atoms with E-state index in [1.165, 1.54) is 7.11 Å². The van der Waals surface area contributed by atoms with Gasteiger partial charge in [0.2, 0.25) is 0 Å². The quantitative estimate of drug-likeness (QED) is 0.586. The minimum Gasteiger partial charge on any atom is -0.493 e. The fourth-order valence-corrected chi connectivity index (χ4v) is 2.78. The van der Waals surface area contributed by atoms with Crippen LogP contribution in [0.3, 0.4) is 0 Å². The first-order valence-corrected chi connectivity index (χ1v) is 9.53. The number of ether oxygens (including phenoxy) is 3. The van der Waals surface area contributed by atoms with E-state index in [1.807, 2.05) is 36.4 Å². The van der Waals surface area contributed by atoms with E-state index in [2.05, 4.69) is 10.9 Å². The van der Waals surface area contributed by atoms with Crippen molar-refractivity contribution < 1.29 is 23.8 Å². The molecule has 30 heavy (non-hydrogen) atoms. The number of fused-ring (bicyclic) bond motifs is 1. The summed E-state index contributed by atoms with van der Waals surface area (Å²) in [7, 11) is 1.52. The first-order chi connectivity index (χ1) is 14.5. The third-order valence-corrected chi connectivity index (χ3v) is 4.45. The first kappa shape index (κ1) is 21.0. The molecule has 3 aromatic carbocycles. The lowest BCUT2D eigenvalue weighted by Gasteiger charge is -2.18. The van der Waals surface area contributed by atoms with Gasteiger partial charge in [-0.1, -0.05) is 42.5 Å². The molecule has 0 fully saturated rings. The zero-order chi connectivity index (χ0) is 21.5. The van der Waals surface area contributed by atoms with E-state index in [1.54, 1.807) is 44.2 Å². The van der Waals surface area contributed by atoms with Crippen LogP contribution in [0.5, 0.6) is 17.2 Å². The molecule has 0 saturated carbocycles. The number of benzene rings is 3. The summed E-state index contributed by atoms with van der Waals surface area (Å²) in [6, 6.07) is 20.4. The van der Waals surface area contributed by atoms with Crippen molar-refractivity contribution in [3.8, 4) is 17.2 Å². The van der Waals surface area contributed by atoms with Gasteiger partial charge in [-0.25, -0.2) is 0 Å². The van der Waals surface area contributed by atoms with E-state index in [4.69, 9.17) is 14.2 Å². The second-order valence-corrected chi connectivity index (χ2v) is 6.66. The van der Waals surface area contributed by atoms with Crippen molar-refractivity contribution in [1.82, 2.24) is 10.9 Å². The number of carbonyl (C=O) groups is 2. The van der Waals surface area contributed by atoms with Gasteiger partial charge in [0.25, 0.3) is 11.8 Å². The highest BCUT2D eigenvalue weighted by molar-refractivity contribution is 5.87. The van der Waals surface area contributed by atoms with Crippen molar-refractivity contribution in [2.75, 3.05) is 7.11 Å². The number of para-hydroxylation sites is 2. The maximum atomic E-state index is 12.3. The van der Waals surface area contributed by atoms with E-state index >= 15 is 0 Å². The van der Waals surface area contributed by atoms with Crippen LogP contribution in [0.2, 0.25) is 0 Å². The zero-order valence-corrected chi connectivity index (χ0v) is 17.0. The lowest BCUT2D eigenvalue weighted by Crippen LogP contribution is -2.50. The smallest absolute Gasteiger partial charge is 0.279 e. The van der Waals surface area contributed by atoms with Crippen LogP contribution in [0.25, 0.3) is 10.8 Å². The molecule has 3 rings (SSSR count). The SMILES string of the molecule is COc1ccccc1OC(C)C(=O)NNC(=O)C(C)Oc1ccc2ccccc2c1. The van der Waals surface area contributed by atoms with Crippen molar-refractivity contribution >= 4 is 22.6 Å². The normalized spacial score (nSPS) is 12.5. The van der Waals surface area contributed by atoms with Crippen LogP contribution < -0.4 is 25.1 Å². The van der Waals surface area contributed by atoms with E-state index in [0.717, 1.165) is 10.8 Å². The number of methoxy groups -OCH3 is 1. The van der Waals surface area contributed by atoms with Crippen LogP contribution in [-0.2, 0) is 9.59 Å². The van der Waals surface area contributed by atoms with E-state index in [9.17, 15) is 9.59 Å². The average molecular weight is 408 g/mol. The highest BCUT2D eigenvalue weighted by atomic mass is 16.5.